The van der Waals surface area contributed by atoms with Crippen LogP contribution in [0.25, 0.3) is 0 Å². The van der Waals surface area contributed by atoms with E-state index in [0.29, 0.717) is 15.6 Å². The van der Waals surface area contributed by atoms with Crippen LogP contribution >= 0.6 is 0 Å². The van der Waals surface area contributed by atoms with Crippen LogP contribution in [0.1, 0.15) is 23.7 Å². The molecule has 0 aliphatic carbocycles. The van der Waals surface area contributed by atoms with Crippen LogP contribution in [0.3, 0.4) is 0 Å². The molecule has 0 heterocycles. The van der Waals surface area contributed by atoms with Gasteiger partial charge in [-0.05, 0) is 43.3 Å². The van der Waals surface area contributed by atoms with E-state index in [-0.39, 0.29) is 12.2 Å². The first-order valence-corrected chi connectivity index (χ1v) is 9.77. The van der Waals surface area contributed by atoms with Gasteiger partial charge in [0.2, 0.25) is 15.9 Å². The Kier molecular flexibility index (Phi) is 6.27. The van der Waals surface area contributed by atoms with Gasteiger partial charge in [-0.15, -0.1) is 0 Å². The topological polar surface area (TPSA) is 83.6 Å². The molecule has 2 aromatic rings. The third kappa shape index (κ3) is 5.33. The first kappa shape index (κ1) is 20.5. The lowest BCUT2D eigenvalue weighted by atomic mass is 10.1. The Morgan fingerprint density at radius 2 is 1.59 bits per heavy atom. The van der Waals surface area contributed by atoms with Gasteiger partial charge in [0.05, 0.1) is 6.26 Å². The molecular formula is C18H18F2N2O4S. The van der Waals surface area contributed by atoms with Crippen LogP contribution in [-0.2, 0) is 14.8 Å². The molecule has 9 heteroatoms. The summed E-state index contributed by atoms with van der Waals surface area (Å²) in [6.45, 7) is 0.975. The van der Waals surface area contributed by atoms with E-state index in [1.54, 1.807) is 0 Å². The fourth-order valence-corrected chi connectivity index (χ4v) is 3.31. The number of rotatable bonds is 7. The summed E-state index contributed by atoms with van der Waals surface area (Å²) in [6.07, 6.45) is 0.479. The van der Waals surface area contributed by atoms with Gasteiger partial charge >= 0.3 is 0 Å². The number of anilines is 2. The number of benzene rings is 2. The fourth-order valence-electron chi connectivity index (χ4n) is 2.39. The molecule has 0 radical (unpaired) electrons. The molecule has 0 unspecified atom stereocenters. The van der Waals surface area contributed by atoms with Gasteiger partial charge in [0.15, 0.2) is 17.4 Å². The molecule has 0 saturated heterocycles. The van der Waals surface area contributed by atoms with Crippen molar-refractivity contribution in [2.24, 2.45) is 0 Å². The van der Waals surface area contributed by atoms with Crippen molar-refractivity contribution in [1.82, 2.24) is 0 Å². The molecule has 1 amide bonds. The minimum Gasteiger partial charge on any atom is -0.326 e. The predicted octanol–water partition coefficient (Wildman–Crippen LogP) is 2.96. The van der Waals surface area contributed by atoms with E-state index in [1.165, 1.54) is 31.2 Å². The summed E-state index contributed by atoms with van der Waals surface area (Å²) in [5, 5.41) is 2.54. The summed E-state index contributed by atoms with van der Waals surface area (Å²) in [5.74, 6) is -2.75. The second-order valence-electron chi connectivity index (χ2n) is 5.84. The van der Waals surface area contributed by atoms with Gasteiger partial charge < -0.3 is 5.32 Å². The minimum absolute atomic E-state index is 0.122. The monoisotopic (exact) mass is 396 g/mol. The van der Waals surface area contributed by atoms with Crippen LogP contribution in [0.4, 0.5) is 20.2 Å². The summed E-state index contributed by atoms with van der Waals surface area (Å²) in [4.78, 5) is 23.3. The second-order valence-corrected chi connectivity index (χ2v) is 7.74. The van der Waals surface area contributed by atoms with Crippen molar-refractivity contribution in [1.29, 1.82) is 0 Å². The molecular weight excluding hydrogens is 378 g/mol. The Balaban J connectivity index is 2.11. The van der Waals surface area contributed by atoms with E-state index in [0.717, 1.165) is 24.5 Å². The average Bonchev–Trinajstić information content (AvgIpc) is 2.56. The zero-order chi connectivity index (χ0) is 20.2. The third-order valence-corrected chi connectivity index (χ3v) is 4.87. The molecule has 0 spiro atoms. The third-order valence-electron chi connectivity index (χ3n) is 3.70. The number of nitrogens with zero attached hydrogens (tertiary/aromatic N) is 1. The number of ketones is 1. The number of halogens is 2. The number of carbonyl (C=O) groups is 2. The van der Waals surface area contributed by atoms with Crippen molar-refractivity contribution >= 4 is 33.1 Å². The molecule has 0 aliphatic rings. The van der Waals surface area contributed by atoms with Crippen LogP contribution in [0.5, 0.6) is 0 Å². The summed E-state index contributed by atoms with van der Waals surface area (Å²) in [7, 11) is -4.01. The molecule has 0 saturated carbocycles. The maximum atomic E-state index is 13.9. The number of carbonyl (C=O) groups excluding carboxylic acids is 2. The first-order chi connectivity index (χ1) is 12.6. The van der Waals surface area contributed by atoms with Crippen molar-refractivity contribution < 1.29 is 26.8 Å². The Labute approximate surface area is 155 Å². The van der Waals surface area contributed by atoms with Crippen LogP contribution < -0.4 is 9.62 Å². The maximum Gasteiger partial charge on any atom is 0.232 e. The smallest absolute Gasteiger partial charge is 0.232 e. The van der Waals surface area contributed by atoms with Crippen LogP contribution in [0, 0.1) is 11.6 Å². The first-order valence-electron chi connectivity index (χ1n) is 7.92. The zero-order valence-corrected chi connectivity index (χ0v) is 15.5. The summed E-state index contributed by atoms with van der Waals surface area (Å²) in [6, 6.07) is 9.12. The van der Waals surface area contributed by atoms with Crippen molar-refractivity contribution in [2.75, 3.05) is 22.4 Å². The number of hydrogen-bond donors (Lipinski definition) is 1. The summed E-state index contributed by atoms with van der Waals surface area (Å²) >= 11 is 0. The number of sulfonamides is 1. The SMILES string of the molecule is CC(=O)c1ccc(NC(=O)CCN(c2c(F)cccc2F)S(C)(=O)=O)cc1. The van der Waals surface area contributed by atoms with Crippen molar-refractivity contribution in [3.8, 4) is 0 Å². The van der Waals surface area contributed by atoms with E-state index in [9.17, 15) is 26.8 Å². The minimum atomic E-state index is -4.01. The molecule has 0 aromatic heterocycles. The number of para-hydroxylation sites is 1. The molecule has 0 bridgehead atoms. The van der Waals surface area contributed by atoms with Crippen molar-refractivity contribution in [2.45, 2.75) is 13.3 Å². The fraction of sp³-hybridized carbons (Fsp3) is 0.222. The molecule has 2 rings (SSSR count). The molecule has 27 heavy (non-hydrogen) atoms. The maximum absolute atomic E-state index is 13.9. The number of hydrogen-bond acceptors (Lipinski definition) is 4. The number of amides is 1. The van der Waals surface area contributed by atoms with Gasteiger partial charge in [0.1, 0.15) is 5.69 Å². The largest absolute Gasteiger partial charge is 0.326 e. The molecule has 2 aromatic carbocycles. The quantitative estimate of drug-likeness (QED) is 0.730. The Hall–Kier alpha value is -2.81. The standard InChI is InChI=1S/C18H18F2N2O4S/c1-12(23)13-6-8-14(9-7-13)21-17(24)10-11-22(27(2,25)26)18-15(19)4-3-5-16(18)20/h3-9H,10-11H2,1-2H3,(H,21,24). The Bertz CT molecular complexity index is 940. The second kappa shape index (κ2) is 8.26. The Morgan fingerprint density at radius 1 is 1.04 bits per heavy atom. The van der Waals surface area contributed by atoms with E-state index in [1.807, 2.05) is 0 Å². The van der Waals surface area contributed by atoms with Crippen molar-refractivity contribution in [3.05, 3.63) is 59.7 Å². The Morgan fingerprint density at radius 3 is 2.07 bits per heavy atom. The molecule has 0 atom stereocenters. The molecule has 0 aliphatic heterocycles. The lowest BCUT2D eigenvalue weighted by molar-refractivity contribution is -0.116. The predicted molar refractivity (Wildman–Crippen MR) is 98.2 cm³/mol. The summed E-state index contributed by atoms with van der Waals surface area (Å²) < 4.78 is 52.3. The van der Waals surface area contributed by atoms with Gasteiger partial charge in [0.25, 0.3) is 0 Å². The molecule has 144 valence electrons. The average molecular weight is 396 g/mol. The lowest BCUT2D eigenvalue weighted by Crippen LogP contribution is -2.34. The van der Waals surface area contributed by atoms with Gasteiger partial charge in [-0.2, -0.15) is 0 Å². The van der Waals surface area contributed by atoms with Gasteiger partial charge in [0, 0.05) is 24.2 Å². The van der Waals surface area contributed by atoms with Crippen LogP contribution in [0.15, 0.2) is 42.5 Å². The van der Waals surface area contributed by atoms with Crippen molar-refractivity contribution in [3.63, 3.8) is 0 Å². The van der Waals surface area contributed by atoms with E-state index < -0.39 is 39.8 Å². The number of Topliss-reactive ketones (excluding diaryl/α,β-unsaturated/α-hetero) is 1. The highest BCUT2D eigenvalue weighted by atomic mass is 32.2. The summed E-state index contributed by atoms with van der Waals surface area (Å²) in [5.41, 5.74) is 0.165. The highest BCUT2D eigenvalue weighted by molar-refractivity contribution is 7.92. The molecule has 6 nitrogen and oxygen atoms in total. The van der Waals surface area contributed by atoms with E-state index in [4.69, 9.17) is 0 Å². The highest BCUT2D eigenvalue weighted by Gasteiger charge is 2.25. The zero-order valence-electron chi connectivity index (χ0n) is 14.7. The normalized spacial score (nSPS) is 11.1. The lowest BCUT2D eigenvalue weighted by Gasteiger charge is -2.23. The van der Waals surface area contributed by atoms with Gasteiger partial charge in [-0.1, -0.05) is 6.07 Å². The van der Waals surface area contributed by atoms with E-state index >= 15 is 0 Å². The van der Waals surface area contributed by atoms with Crippen LogP contribution in [0.2, 0.25) is 0 Å². The highest BCUT2D eigenvalue weighted by Crippen LogP contribution is 2.25. The molecule has 0 fully saturated rings. The van der Waals surface area contributed by atoms with Crippen LogP contribution in [-0.4, -0.2) is 32.9 Å². The van der Waals surface area contributed by atoms with E-state index in [2.05, 4.69) is 5.32 Å². The molecule has 1 N–H and O–H groups in total. The number of nitrogens with one attached hydrogen (secondary N) is 1. The van der Waals surface area contributed by atoms with Gasteiger partial charge in [-0.3, -0.25) is 13.9 Å². The van der Waals surface area contributed by atoms with Gasteiger partial charge in [-0.25, -0.2) is 17.2 Å².